The zero-order chi connectivity index (χ0) is 18.7. The molecule has 0 amide bonds. The lowest BCUT2D eigenvalue weighted by atomic mass is 9.78. The highest BCUT2D eigenvalue weighted by molar-refractivity contribution is 5.88. The van der Waals surface area contributed by atoms with Gasteiger partial charge >= 0.3 is 0 Å². The van der Waals surface area contributed by atoms with Gasteiger partial charge in [-0.1, -0.05) is 109 Å². The second-order valence-corrected chi connectivity index (χ2v) is 7.37. The summed E-state index contributed by atoms with van der Waals surface area (Å²) in [6.07, 6.45) is 7.14. The summed E-state index contributed by atoms with van der Waals surface area (Å²) in [6.45, 7) is 4.52. The van der Waals surface area contributed by atoms with Crippen LogP contribution in [0.25, 0.3) is 11.1 Å². The van der Waals surface area contributed by atoms with Crippen LogP contribution >= 0.6 is 0 Å². The Labute approximate surface area is 162 Å². The Morgan fingerprint density at radius 2 is 1.11 bits per heavy atom. The molecule has 0 fully saturated rings. The van der Waals surface area contributed by atoms with Gasteiger partial charge in [-0.3, -0.25) is 0 Å². The third kappa shape index (κ3) is 3.57. The molecule has 27 heavy (non-hydrogen) atoms. The molecular formula is C27H24. The Hall–Kier alpha value is -3.12. The van der Waals surface area contributed by atoms with Crippen molar-refractivity contribution in [1.82, 2.24) is 0 Å². The number of rotatable bonds is 3. The zero-order valence-electron chi connectivity index (χ0n) is 15.9. The van der Waals surface area contributed by atoms with Crippen LogP contribution in [0.3, 0.4) is 0 Å². The third-order valence-electron chi connectivity index (χ3n) is 5.28. The molecule has 0 heterocycles. The van der Waals surface area contributed by atoms with E-state index in [1.54, 1.807) is 0 Å². The minimum atomic E-state index is -0.189. The highest BCUT2D eigenvalue weighted by Crippen LogP contribution is 2.39. The molecule has 1 atom stereocenters. The summed E-state index contributed by atoms with van der Waals surface area (Å²) in [5.74, 6) is 0. The molecule has 0 aliphatic heterocycles. The SMILES string of the molecule is CC1=CC(c2ccccc2)=CC(C)(c2ccccc2)C=C1c1ccccc1. The summed E-state index contributed by atoms with van der Waals surface area (Å²) in [5, 5.41) is 0. The largest absolute Gasteiger partial charge is 0.0625 e. The van der Waals surface area contributed by atoms with Gasteiger partial charge in [0, 0.05) is 5.41 Å². The van der Waals surface area contributed by atoms with Gasteiger partial charge in [-0.2, -0.15) is 0 Å². The van der Waals surface area contributed by atoms with E-state index in [9.17, 15) is 0 Å². The van der Waals surface area contributed by atoms with E-state index in [-0.39, 0.29) is 5.41 Å². The maximum Gasteiger partial charge on any atom is 0.0301 e. The van der Waals surface area contributed by atoms with Gasteiger partial charge < -0.3 is 0 Å². The van der Waals surface area contributed by atoms with Gasteiger partial charge in [0.1, 0.15) is 0 Å². The fourth-order valence-electron chi connectivity index (χ4n) is 3.82. The molecule has 132 valence electrons. The average molecular weight is 348 g/mol. The van der Waals surface area contributed by atoms with Crippen LogP contribution in [0.5, 0.6) is 0 Å². The molecule has 4 rings (SSSR count). The predicted octanol–water partition coefficient (Wildman–Crippen LogP) is 7.07. The van der Waals surface area contributed by atoms with Crippen molar-refractivity contribution in [1.29, 1.82) is 0 Å². The van der Waals surface area contributed by atoms with E-state index in [1.165, 1.54) is 33.4 Å². The smallest absolute Gasteiger partial charge is 0.0301 e. The Morgan fingerprint density at radius 1 is 0.593 bits per heavy atom. The monoisotopic (exact) mass is 348 g/mol. The quantitative estimate of drug-likeness (QED) is 0.475. The zero-order valence-corrected chi connectivity index (χ0v) is 15.9. The minimum absolute atomic E-state index is 0.189. The average Bonchev–Trinajstić information content (AvgIpc) is 2.87. The first-order valence-corrected chi connectivity index (χ1v) is 9.46. The molecule has 0 saturated heterocycles. The molecule has 0 bridgehead atoms. The van der Waals surface area contributed by atoms with Gasteiger partial charge in [-0.05, 0) is 47.3 Å². The standard InChI is InChI=1S/C27H24/c1-21-18-24(22-12-6-3-7-13-22)19-27(2,25-16-10-5-11-17-25)20-26(21)23-14-8-4-9-15-23/h3-20H,1-2H3. The summed E-state index contributed by atoms with van der Waals surface area (Å²) in [7, 11) is 0. The van der Waals surface area contributed by atoms with Gasteiger partial charge in [0.15, 0.2) is 0 Å². The van der Waals surface area contributed by atoms with E-state index in [1.807, 2.05) is 0 Å². The Bertz CT molecular complexity index is 1010. The van der Waals surface area contributed by atoms with Crippen LogP contribution < -0.4 is 0 Å². The summed E-state index contributed by atoms with van der Waals surface area (Å²) in [5.41, 5.74) is 7.47. The van der Waals surface area contributed by atoms with Crippen molar-refractivity contribution >= 4 is 11.1 Å². The molecule has 0 radical (unpaired) electrons. The van der Waals surface area contributed by atoms with Crippen molar-refractivity contribution in [3.8, 4) is 0 Å². The molecule has 1 unspecified atom stereocenters. The second-order valence-electron chi connectivity index (χ2n) is 7.37. The Kier molecular flexibility index (Phi) is 4.64. The van der Waals surface area contributed by atoms with Gasteiger partial charge in [0.2, 0.25) is 0 Å². The fraction of sp³-hybridized carbons (Fsp3) is 0.111. The highest BCUT2D eigenvalue weighted by atomic mass is 14.3. The maximum atomic E-state index is 2.42. The van der Waals surface area contributed by atoms with Gasteiger partial charge in [0.05, 0.1) is 0 Å². The van der Waals surface area contributed by atoms with E-state index in [0.29, 0.717) is 0 Å². The maximum absolute atomic E-state index is 2.42. The molecule has 0 saturated carbocycles. The van der Waals surface area contributed by atoms with Crippen LogP contribution in [0.2, 0.25) is 0 Å². The van der Waals surface area contributed by atoms with Gasteiger partial charge in [-0.25, -0.2) is 0 Å². The number of hydrogen-bond donors (Lipinski definition) is 0. The van der Waals surface area contributed by atoms with Crippen molar-refractivity contribution in [2.24, 2.45) is 0 Å². The highest BCUT2D eigenvalue weighted by Gasteiger charge is 2.26. The van der Waals surface area contributed by atoms with E-state index in [4.69, 9.17) is 0 Å². The van der Waals surface area contributed by atoms with Crippen molar-refractivity contribution in [2.45, 2.75) is 19.3 Å². The van der Waals surface area contributed by atoms with Crippen molar-refractivity contribution in [2.75, 3.05) is 0 Å². The molecule has 0 N–H and O–H groups in total. The topological polar surface area (TPSA) is 0 Å². The summed E-state index contributed by atoms with van der Waals surface area (Å²) in [4.78, 5) is 0. The van der Waals surface area contributed by atoms with E-state index in [2.05, 4.69) is 123 Å². The van der Waals surface area contributed by atoms with E-state index >= 15 is 0 Å². The van der Waals surface area contributed by atoms with Crippen LogP contribution in [0, 0.1) is 0 Å². The minimum Gasteiger partial charge on any atom is -0.0625 e. The summed E-state index contributed by atoms with van der Waals surface area (Å²) < 4.78 is 0. The third-order valence-corrected chi connectivity index (χ3v) is 5.28. The number of allylic oxidation sites excluding steroid dienone is 6. The Balaban J connectivity index is 1.94. The van der Waals surface area contributed by atoms with Crippen LogP contribution in [0.4, 0.5) is 0 Å². The van der Waals surface area contributed by atoms with E-state index in [0.717, 1.165) is 0 Å². The Morgan fingerprint density at radius 3 is 1.70 bits per heavy atom. The summed E-state index contributed by atoms with van der Waals surface area (Å²) >= 11 is 0. The lowest BCUT2D eigenvalue weighted by Gasteiger charge is -2.25. The molecule has 0 aromatic heterocycles. The van der Waals surface area contributed by atoms with Gasteiger partial charge in [-0.15, -0.1) is 0 Å². The molecule has 3 aromatic rings. The molecule has 0 nitrogen and oxygen atoms in total. The molecule has 0 heteroatoms. The van der Waals surface area contributed by atoms with Gasteiger partial charge in [0.25, 0.3) is 0 Å². The number of benzene rings is 3. The fourth-order valence-corrected chi connectivity index (χ4v) is 3.82. The molecule has 1 aliphatic carbocycles. The van der Waals surface area contributed by atoms with Crippen LogP contribution in [0.1, 0.15) is 30.5 Å². The lowest BCUT2D eigenvalue weighted by Crippen LogP contribution is -2.16. The first kappa shape index (κ1) is 17.3. The predicted molar refractivity (Wildman–Crippen MR) is 116 cm³/mol. The van der Waals surface area contributed by atoms with Crippen LogP contribution in [-0.4, -0.2) is 0 Å². The van der Waals surface area contributed by atoms with Crippen LogP contribution in [0.15, 0.2) is 115 Å². The summed E-state index contributed by atoms with van der Waals surface area (Å²) in [6, 6.07) is 32.1. The molecule has 1 aliphatic rings. The lowest BCUT2D eigenvalue weighted by molar-refractivity contribution is 0.762. The normalized spacial score (nSPS) is 19.6. The number of hydrogen-bond acceptors (Lipinski definition) is 0. The van der Waals surface area contributed by atoms with Crippen molar-refractivity contribution < 1.29 is 0 Å². The first-order chi connectivity index (χ1) is 13.2. The molecule has 3 aromatic carbocycles. The first-order valence-electron chi connectivity index (χ1n) is 9.46. The second kappa shape index (κ2) is 7.25. The molecular weight excluding hydrogens is 324 g/mol. The van der Waals surface area contributed by atoms with Crippen LogP contribution in [-0.2, 0) is 5.41 Å². The van der Waals surface area contributed by atoms with Crippen molar-refractivity contribution in [3.05, 3.63) is 131 Å². The van der Waals surface area contributed by atoms with E-state index < -0.39 is 0 Å². The molecule has 0 spiro atoms. The van der Waals surface area contributed by atoms with Crippen molar-refractivity contribution in [3.63, 3.8) is 0 Å².